The number of amides is 1. The summed E-state index contributed by atoms with van der Waals surface area (Å²) < 4.78 is 5.68. The van der Waals surface area contributed by atoms with Crippen molar-refractivity contribution >= 4 is 5.91 Å². The molecule has 0 atom stereocenters. The SMILES string of the molecule is CCCCCOc1ccc(CNC(C)(C)CC(N)=O)cc1. The number of nitrogens with two attached hydrogens (primary N) is 1. The van der Waals surface area contributed by atoms with Crippen LogP contribution in [0, 0.1) is 0 Å². The van der Waals surface area contributed by atoms with E-state index in [1.165, 1.54) is 12.8 Å². The van der Waals surface area contributed by atoms with Crippen LogP contribution in [0.25, 0.3) is 0 Å². The van der Waals surface area contributed by atoms with Gasteiger partial charge < -0.3 is 15.8 Å². The van der Waals surface area contributed by atoms with Crippen molar-refractivity contribution in [1.29, 1.82) is 0 Å². The van der Waals surface area contributed by atoms with Crippen molar-refractivity contribution in [2.45, 2.75) is 58.5 Å². The maximum atomic E-state index is 11.0. The number of carbonyl (C=O) groups excluding carboxylic acids is 1. The molecule has 0 saturated heterocycles. The lowest BCUT2D eigenvalue weighted by atomic mass is 10.00. The molecule has 0 unspecified atom stereocenters. The average molecular weight is 292 g/mol. The molecule has 3 N–H and O–H groups in total. The van der Waals surface area contributed by atoms with E-state index in [2.05, 4.69) is 12.2 Å². The van der Waals surface area contributed by atoms with Crippen molar-refractivity contribution in [3.8, 4) is 5.75 Å². The Morgan fingerprint density at radius 3 is 2.48 bits per heavy atom. The molecule has 21 heavy (non-hydrogen) atoms. The van der Waals surface area contributed by atoms with Gasteiger partial charge in [-0.1, -0.05) is 31.9 Å². The van der Waals surface area contributed by atoms with E-state index in [4.69, 9.17) is 10.5 Å². The molecule has 1 rings (SSSR count). The van der Waals surface area contributed by atoms with Crippen LogP contribution in [0.5, 0.6) is 5.75 Å². The van der Waals surface area contributed by atoms with Gasteiger partial charge in [-0.2, -0.15) is 0 Å². The molecule has 118 valence electrons. The predicted octanol–water partition coefficient (Wildman–Crippen LogP) is 3.00. The molecule has 0 saturated carbocycles. The summed E-state index contributed by atoms with van der Waals surface area (Å²) in [4.78, 5) is 11.0. The molecule has 0 aliphatic heterocycles. The van der Waals surface area contributed by atoms with Crippen molar-refractivity contribution in [2.75, 3.05) is 6.61 Å². The van der Waals surface area contributed by atoms with Crippen molar-refractivity contribution < 1.29 is 9.53 Å². The minimum absolute atomic E-state index is 0.289. The lowest BCUT2D eigenvalue weighted by Crippen LogP contribution is -2.42. The van der Waals surface area contributed by atoms with Gasteiger partial charge in [0.1, 0.15) is 5.75 Å². The molecular formula is C17H28N2O2. The van der Waals surface area contributed by atoms with Gasteiger partial charge in [-0.3, -0.25) is 4.79 Å². The van der Waals surface area contributed by atoms with E-state index in [1.54, 1.807) is 0 Å². The molecule has 1 aromatic carbocycles. The van der Waals surface area contributed by atoms with Crippen LogP contribution in [-0.2, 0) is 11.3 Å². The molecule has 0 aliphatic carbocycles. The Morgan fingerprint density at radius 2 is 1.90 bits per heavy atom. The quantitative estimate of drug-likeness (QED) is 0.652. The maximum absolute atomic E-state index is 11.0. The molecule has 4 nitrogen and oxygen atoms in total. The van der Waals surface area contributed by atoms with E-state index in [9.17, 15) is 4.79 Å². The number of nitrogens with one attached hydrogen (secondary N) is 1. The Kier molecular flexibility index (Phi) is 7.23. The van der Waals surface area contributed by atoms with Gasteiger partial charge in [0.05, 0.1) is 6.61 Å². The number of hydrogen-bond donors (Lipinski definition) is 2. The minimum Gasteiger partial charge on any atom is -0.494 e. The second-order valence-electron chi connectivity index (χ2n) is 6.08. The fraction of sp³-hybridized carbons (Fsp3) is 0.588. The minimum atomic E-state index is -0.291. The number of ether oxygens (including phenoxy) is 1. The molecule has 0 aromatic heterocycles. The Labute approximate surface area is 128 Å². The van der Waals surface area contributed by atoms with Gasteiger partial charge in [0.2, 0.25) is 5.91 Å². The standard InChI is InChI=1S/C17H28N2O2/c1-4-5-6-11-21-15-9-7-14(8-10-15)13-19-17(2,3)12-16(18)20/h7-10,19H,4-6,11-13H2,1-3H3,(H2,18,20). The maximum Gasteiger partial charge on any atom is 0.219 e. The van der Waals surface area contributed by atoms with Gasteiger partial charge in [0.15, 0.2) is 0 Å². The second-order valence-corrected chi connectivity index (χ2v) is 6.08. The van der Waals surface area contributed by atoms with Gasteiger partial charge in [0, 0.05) is 18.5 Å². The van der Waals surface area contributed by atoms with Gasteiger partial charge in [-0.15, -0.1) is 0 Å². The summed E-state index contributed by atoms with van der Waals surface area (Å²) in [6, 6.07) is 8.07. The highest BCUT2D eigenvalue weighted by atomic mass is 16.5. The number of benzene rings is 1. The smallest absolute Gasteiger partial charge is 0.219 e. The van der Waals surface area contributed by atoms with Gasteiger partial charge in [-0.25, -0.2) is 0 Å². The fourth-order valence-corrected chi connectivity index (χ4v) is 2.09. The number of rotatable bonds is 10. The zero-order chi connectivity index (χ0) is 15.7. The summed E-state index contributed by atoms with van der Waals surface area (Å²) in [7, 11) is 0. The second kappa shape index (κ2) is 8.67. The van der Waals surface area contributed by atoms with Crippen LogP contribution in [0.4, 0.5) is 0 Å². The number of hydrogen-bond acceptors (Lipinski definition) is 3. The normalized spacial score (nSPS) is 11.4. The Balaban J connectivity index is 2.38. The van der Waals surface area contributed by atoms with E-state index in [1.807, 2.05) is 38.1 Å². The zero-order valence-electron chi connectivity index (χ0n) is 13.4. The van der Waals surface area contributed by atoms with E-state index >= 15 is 0 Å². The van der Waals surface area contributed by atoms with E-state index < -0.39 is 0 Å². The van der Waals surface area contributed by atoms with Gasteiger partial charge in [-0.05, 0) is 38.0 Å². The van der Waals surface area contributed by atoms with E-state index in [-0.39, 0.29) is 11.4 Å². The lowest BCUT2D eigenvalue weighted by molar-refractivity contribution is -0.119. The Morgan fingerprint density at radius 1 is 1.24 bits per heavy atom. The van der Waals surface area contributed by atoms with Crippen LogP contribution < -0.4 is 15.8 Å². The monoisotopic (exact) mass is 292 g/mol. The number of primary amides is 1. The van der Waals surface area contributed by atoms with E-state index in [0.29, 0.717) is 13.0 Å². The summed E-state index contributed by atoms with van der Waals surface area (Å²) in [5, 5.41) is 3.34. The first-order valence-corrected chi connectivity index (χ1v) is 7.68. The average Bonchev–Trinajstić information content (AvgIpc) is 2.41. The lowest BCUT2D eigenvalue weighted by Gasteiger charge is -2.24. The largest absolute Gasteiger partial charge is 0.494 e. The molecular weight excluding hydrogens is 264 g/mol. The summed E-state index contributed by atoms with van der Waals surface area (Å²) in [5.41, 5.74) is 6.11. The fourth-order valence-electron chi connectivity index (χ4n) is 2.09. The third-order valence-corrected chi connectivity index (χ3v) is 3.33. The summed E-state index contributed by atoms with van der Waals surface area (Å²) in [6.07, 6.45) is 3.83. The predicted molar refractivity (Wildman–Crippen MR) is 86.2 cm³/mol. The highest BCUT2D eigenvalue weighted by Gasteiger charge is 2.19. The summed E-state index contributed by atoms with van der Waals surface area (Å²) in [5.74, 6) is 0.620. The Hall–Kier alpha value is -1.55. The number of carbonyl (C=O) groups is 1. The number of unbranched alkanes of at least 4 members (excludes halogenated alkanes) is 2. The highest BCUT2D eigenvalue weighted by Crippen LogP contribution is 2.14. The van der Waals surface area contributed by atoms with Crippen LogP contribution in [-0.4, -0.2) is 18.1 Å². The van der Waals surface area contributed by atoms with Gasteiger partial charge in [0.25, 0.3) is 0 Å². The zero-order valence-corrected chi connectivity index (χ0v) is 13.4. The summed E-state index contributed by atoms with van der Waals surface area (Å²) in [6.45, 7) is 7.61. The van der Waals surface area contributed by atoms with Crippen LogP contribution in [0.15, 0.2) is 24.3 Å². The van der Waals surface area contributed by atoms with Crippen LogP contribution in [0.3, 0.4) is 0 Å². The van der Waals surface area contributed by atoms with Gasteiger partial charge >= 0.3 is 0 Å². The first-order chi connectivity index (χ1) is 9.93. The molecule has 0 bridgehead atoms. The summed E-state index contributed by atoms with van der Waals surface area (Å²) >= 11 is 0. The first-order valence-electron chi connectivity index (χ1n) is 7.68. The molecule has 0 spiro atoms. The van der Waals surface area contributed by atoms with Crippen molar-refractivity contribution in [3.63, 3.8) is 0 Å². The molecule has 0 aliphatic rings. The van der Waals surface area contributed by atoms with Crippen LogP contribution in [0.1, 0.15) is 52.0 Å². The van der Waals surface area contributed by atoms with Crippen molar-refractivity contribution in [3.05, 3.63) is 29.8 Å². The topological polar surface area (TPSA) is 64.3 Å². The molecule has 0 fully saturated rings. The first kappa shape index (κ1) is 17.5. The van der Waals surface area contributed by atoms with E-state index in [0.717, 1.165) is 24.3 Å². The molecule has 0 heterocycles. The van der Waals surface area contributed by atoms with Crippen molar-refractivity contribution in [1.82, 2.24) is 5.32 Å². The molecule has 1 aromatic rings. The third-order valence-electron chi connectivity index (χ3n) is 3.33. The Bertz CT molecular complexity index is 427. The van der Waals surface area contributed by atoms with Crippen LogP contribution >= 0.6 is 0 Å². The highest BCUT2D eigenvalue weighted by molar-refractivity contribution is 5.74. The molecule has 1 amide bonds. The van der Waals surface area contributed by atoms with Crippen LogP contribution in [0.2, 0.25) is 0 Å². The molecule has 0 radical (unpaired) electrons. The van der Waals surface area contributed by atoms with Crippen molar-refractivity contribution in [2.24, 2.45) is 5.73 Å². The third kappa shape index (κ3) is 7.71. The molecule has 4 heteroatoms.